The number of nitrogens with two attached hydrogens (primary N) is 1. The molecule has 9 nitrogen and oxygen atoms in total. The fourth-order valence-corrected chi connectivity index (χ4v) is 4.87. The normalized spacial score (nSPS) is 17.9. The highest BCUT2D eigenvalue weighted by molar-refractivity contribution is 6.05. The first-order valence-electron chi connectivity index (χ1n) is 15.5. The number of hydrogen-bond acceptors (Lipinski definition) is 6. The number of nitrogens with one attached hydrogen (secondary N) is 3. The number of amides is 1. The molecule has 4 rings (SSSR count). The number of benzene rings is 1. The fraction of sp³-hybridized carbons (Fsp3) is 0.441. The number of ether oxygens (including phenoxy) is 1. The molecule has 0 radical (unpaired) electrons. The molecule has 2 heterocycles. The summed E-state index contributed by atoms with van der Waals surface area (Å²) in [5, 5.41) is 3.99. The predicted molar refractivity (Wildman–Crippen MR) is 175 cm³/mol. The Morgan fingerprint density at radius 3 is 2.63 bits per heavy atom. The number of rotatable bonds is 13. The number of aromatic nitrogens is 2. The van der Waals surface area contributed by atoms with Crippen LogP contribution in [0, 0.1) is 0 Å². The molecule has 0 atom stereocenters. The number of aliphatic imine (C=N–C) groups is 1. The molecule has 1 saturated heterocycles. The number of likely N-dealkylation sites (tertiary alicyclic amines) is 1. The van der Waals surface area contributed by atoms with Crippen molar-refractivity contribution >= 4 is 29.3 Å². The Morgan fingerprint density at radius 2 is 1.95 bits per heavy atom. The van der Waals surface area contributed by atoms with Crippen LogP contribution >= 0.6 is 0 Å². The highest BCUT2D eigenvalue weighted by Crippen LogP contribution is 2.28. The molecule has 1 aromatic carbocycles. The zero-order chi connectivity index (χ0) is 30.8. The second kappa shape index (κ2) is 15.3. The van der Waals surface area contributed by atoms with Gasteiger partial charge in [0.2, 0.25) is 0 Å². The Bertz CT molecular complexity index is 1580. The van der Waals surface area contributed by atoms with Crippen LogP contribution in [-0.2, 0) is 4.79 Å². The zero-order valence-electron chi connectivity index (χ0n) is 26.0. The van der Waals surface area contributed by atoms with Gasteiger partial charge in [-0.2, -0.15) is 0 Å². The van der Waals surface area contributed by atoms with E-state index in [4.69, 9.17) is 15.5 Å². The molecule has 0 spiro atoms. The second-order valence-electron chi connectivity index (χ2n) is 11.3. The molecule has 2 aromatic rings. The van der Waals surface area contributed by atoms with Gasteiger partial charge >= 0.3 is 0 Å². The van der Waals surface area contributed by atoms with E-state index < -0.39 is 0 Å². The van der Waals surface area contributed by atoms with Crippen molar-refractivity contribution in [3.63, 3.8) is 0 Å². The Kier molecular flexibility index (Phi) is 11.2. The van der Waals surface area contributed by atoms with E-state index in [2.05, 4.69) is 48.2 Å². The first kappa shape index (κ1) is 31.7. The van der Waals surface area contributed by atoms with E-state index in [1.165, 1.54) is 11.8 Å². The zero-order valence-corrected chi connectivity index (χ0v) is 26.0. The molecular weight excluding hydrogens is 540 g/mol. The Morgan fingerprint density at radius 1 is 1.19 bits per heavy atom. The van der Waals surface area contributed by atoms with E-state index in [0.717, 1.165) is 75.0 Å². The average Bonchev–Trinajstić information content (AvgIpc) is 3.50. The lowest BCUT2D eigenvalue weighted by molar-refractivity contribution is -0.132. The summed E-state index contributed by atoms with van der Waals surface area (Å²) in [6.45, 7) is 9.88. The van der Waals surface area contributed by atoms with Crippen molar-refractivity contribution in [2.24, 2.45) is 10.7 Å². The van der Waals surface area contributed by atoms with Crippen LogP contribution in [0.2, 0.25) is 0 Å². The number of H-pyrrole nitrogens is 2. The molecule has 1 aliphatic carbocycles. The number of imidazole rings is 1. The van der Waals surface area contributed by atoms with Crippen molar-refractivity contribution in [1.29, 1.82) is 0 Å². The smallest absolute Gasteiger partial charge is 0.273 e. The summed E-state index contributed by atoms with van der Waals surface area (Å²) in [6, 6.07) is 8.24. The molecule has 0 unspecified atom stereocenters. The minimum atomic E-state index is -0.200. The molecule has 1 aromatic heterocycles. The topological polar surface area (TPSA) is 129 Å². The number of nitrogens with zero attached hydrogens (tertiary/aromatic N) is 2. The van der Waals surface area contributed by atoms with Gasteiger partial charge in [-0.3, -0.25) is 9.59 Å². The number of allylic oxidation sites excluding steroid dienone is 4. The van der Waals surface area contributed by atoms with E-state index in [1.54, 1.807) is 6.08 Å². The molecule has 1 saturated carbocycles. The van der Waals surface area contributed by atoms with Crippen LogP contribution in [-0.4, -0.2) is 52.2 Å². The summed E-state index contributed by atoms with van der Waals surface area (Å²) in [5.41, 5.74) is 11.1. The van der Waals surface area contributed by atoms with Crippen molar-refractivity contribution in [1.82, 2.24) is 20.2 Å². The van der Waals surface area contributed by atoms with Crippen LogP contribution < -0.4 is 32.2 Å². The molecule has 9 heteroatoms. The molecule has 230 valence electrons. The van der Waals surface area contributed by atoms with Gasteiger partial charge in [0.05, 0.1) is 0 Å². The van der Waals surface area contributed by atoms with E-state index in [9.17, 15) is 9.59 Å². The highest BCUT2D eigenvalue weighted by Gasteiger charge is 2.22. The third-order valence-corrected chi connectivity index (χ3v) is 7.75. The van der Waals surface area contributed by atoms with Crippen molar-refractivity contribution < 1.29 is 9.53 Å². The van der Waals surface area contributed by atoms with Crippen LogP contribution in [0.1, 0.15) is 78.2 Å². The van der Waals surface area contributed by atoms with E-state index in [0.29, 0.717) is 33.9 Å². The van der Waals surface area contributed by atoms with Crippen molar-refractivity contribution in [2.45, 2.75) is 78.7 Å². The molecule has 0 bridgehead atoms. The standard InChI is InChI=1S/C34H46N6O3/c1-5-7-13-31-38-30(34(42)39-31)19-26(21-35)24(4)36-32(37-27-14-15-27)20-29(23(3)6-2)25-11-10-12-28(18-25)43-22-33(41)40-16-8-9-17-40/h10-13,18-21,27,37-38H,5-9,14-17,22,35H2,1-4H3,(H,39,42)/b26-21?,29-23+,30-19-,31-13+,32-20+,36-24?. The summed E-state index contributed by atoms with van der Waals surface area (Å²) in [7, 11) is 0. The summed E-state index contributed by atoms with van der Waals surface area (Å²) in [6.07, 6.45) is 14.3. The number of carbonyl (C=O) groups excluding carboxylic acids is 1. The lowest BCUT2D eigenvalue weighted by atomic mass is 9.98. The minimum Gasteiger partial charge on any atom is -0.484 e. The number of unbranched alkanes of at least 4 members (excludes halogenated alkanes) is 1. The predicted octanol–water partition coefficient (Wildman–Crippen LogP) is 3.85. The fourth-order valence-electron chi connectivity index (χ4n) is 4.87. The molecule has 43 heavy (non-hydrogen) atoms. The minimum absolute atomic E-state index is 0.0289. The van der Waals surface area contributed by atoms with Crippen molar-refractivity contribution in [3.05, 3.63) is 80.3 Å². The third-order valence-electron chi connectivity index (χ3n) is 7.75. The van der Waals surface area contributed by atoms with Crippen molar-refractivity contribution in [2.75, 3.05) is 19.7 Å². The summed E-state index contributed by atoms with van der Waals surface area (Å²) in [4.78, 5) is 37.9. The van der Waals surface area contributed by atoms with Gasteiger partial charge in [0, 0.05) is 36.6 Å². The number of hydrogen-bond donors (Lipinski definition) is 4. The largest absolute Gasteiger partial charge is 0.484 e. The first-order chi connectivity index (χ1) is 20.8. The molecule has 1 aliphatic heterocycles. The Hall–Kier alpha value is -4.27. The van der Waals surface area contributed by atoms with Gasteiger partial charge < -0.3 is 30.7 Å². The summed E-state index contributed by atoms with van der Waals surface area (Å²) in [5.74, 6) is 1.41. The van der Waals surface area contributed by atoms with Gasteiger partial charge in [-0.05, 0) is 93.9 Å². The van der Waals surface area contributed by atoms with E-state index in [1.807, 2.05) is 36.1 Å². The summed E-state index contributed by atoms with van der Waals surface area (Å²) < 4.78 is 5.93. The van der Waals surface area contributed by atoms with Gasteiger partial charge in [0.25, 0.3) is 11.5 Å². The van der Waals surface area contributed by atoms with Gasteiger partial charge in [0.1, 0.15) is 22.4 Å². The van der Waals surface area contributed by atoms with E-state index >= 15 is 0 Å². The quantitative estimate of drug-likeness (QED) is 0.209. The van der Waals surface area contributed by atoms with Gasteiger partial charge in [0.15, 0.2) is 6.61 Å². The van der Waals surface area contributed by atoms with Gasteiger partial charge in [-0.15, -0.1) is 0 Å². The van der Waals surface area contributed by atoms with Crippen LogP contribution in [0.5, 0.6) is 5.75 Å². The first-order valence-corrected chi connectivity index (χ1v) is 15.5. The monoisotopic (exact) mass is 586 g/mol. The Balaban J connectivity index is 1.63. The third kappa shape index (κ3) is 9.11. The second-order valence-corrected chi connectivity index (χ2v) is 11.3. The maximum Gasteiger partial charge on any atom is 0.273 e. The highest BCUT2D eigenvalue weighted by atomic mass is 16.5. The lowest BCUT2D eigenvalue weighted by Gasteiger charge is -2.16. The van der Waals surface area contributed by atoms with Crippen LogP contribution in [0.4, 0.5) is 0 Å². The van der Waals surface area contributed by atoms with Crippen LogP contribution in [0.25, 0.3) is 17.7 Å². The molecule has 1 amide bonds. The molecular formula is C34H46N6O3. The SMILES string of the molecule is CCC/C=c1/[nH]c(=O)/c(=C/C(=CN)C(C)=N/C(=C\C(=C(\C)CC)c2cccc(OCC(=O)N3CCCC3)c2)NC2CC2)[nH]1. The molecule has 2 aliphatic rings. The average molecular weight is 587 g/mol. The van der Waals surface area contributed by atoms with Crippen molar-refractivity contribution in [3.8, 4) is 5.75 Å². The summed E-state index contributed by atoms with van der Waals surface area (Å²) >= 11 is 0. The van der Waals surface area contributed by atoms with Crippen LogP contribution in [0.3, 0.4) is 0 Å². The maximum absolute atomic E-state index is 12.5. The van der Waals surface area contributed by atoms with Crippen LogP contribution in [0.15, 0.2) is 63.3 Å². The number of aromatic amines is 2. The maximum atomic E-state index is 12.5. The van der Waals surface area contributed by atoms with E-state index in [-0.39, 0.29) is 18.1 Å². The van der Waals surface area contributed by atoms with Gasteiger partial charge in [-0.1, -0.05) is 38.0 Å². The Labute approximate surface area is 254 Å². The lowest BCUT2D eigenvalue weighted by Crippen LogP contribution is -2.32. The molecule has 2 fully saturated rings. The molecule has 5 N–H and O–H groups in total. The van der Waals surface area contributed by atoms with Gasteiger partial charge in [-0.25, -0.2) is 4.99 Å². The number of carbonyl (C=O) groups is 1.